The largest absolute Gasteiger partial charge is 0.359 e. The number of rotatable bonds is 5. The molecular weight excluding hydrogens is 208 g/mol. The van der Waals surface area contributed by atoms with E-state index in [4.69, 9.17) is 0 Å². The third-order valence-corrected chi connectivity index (χ3v) is 2.98. The fraction of sp³-hybridized carbons (Fsp3) is 0.400. The van der Waals surface area contributed by atoms with Crippen LogP contribution in [0.5, 0.6) is 0 Å². The molecule has 0 atom stereocenters. The Morgan fingerprint density at radius 1 is 1.06 bits per heavy atom. The summed E-state index contributed by atoms with van der Waals surface area (Å²) >= 11 is 0. The van der Waals surface area contributed by atoms with Gasteiger partial charge in [-0.15, -0.1) is 0 Å². The van der Waals surface area contributed by atoms with Gasteiger partial charge in [-0.3, -0.25) is 4.99 Å². The lowest BCUT2D eigenvalue weighted by Crippen LogP contribution is -2.13. The zero-order chi connectivity index (χ0) is 13.6. The zero-order valence-corrected chi connectivity index (χ0v) is 11.9. The van der Waals surface area contributed by atoms with E-state index in [-0.39, 0.29) is 0 Å². The van der Waals surface area contributed by atoms with E-state index in [1.54, 1.807) is 0 Å². The van der Waals surface area contributed by atoms with E-state index in [9.17, 15) is 0 Å². The van der Waals surface area contributed by atoms with Crippen molar-refractivity contribution in [3.8, 4) is 0 Å². The monoisotopic (exact) mass is 232 g/mol. The maximum Gasteiger partial charge on any atom is 0.0397 e. The Balaban J connectivity index is 5.21. The summed E-state index contributed by atoms with van der Waals surface area (Å²) in [7, 11) is 0. The van der Waals surface area contributed by atoms with Crippen LogP contribution in [0.4, 0.5) is 0 Å². The predicted octanol–water partition coefficient (Wildman–Crippen LogP) is 4.34. The van der Waals surface area contributed by atoms with Crippen molar-refractivity contribution in [2.75, 3.05) is 0 Å². The smallest absolute Gasteiger partial charge is 0.0397 e. The molecule has 0 aliphatic heterocycles. The first-order chi connectivity index (χ1) is 7.84. The molecule has 0 spiro atoms. The minimum absolute atomic E-state index is 0.959. The average Bonchev–Trinajstić information content (AvgIpc) is 2.32. The highest BCUT2D eigenvalue weighted by molar-refractivity contribution is 5.39. The Bertz CT molecular complexity index is 407. The first-order valence-corrected chi connectivity index (χ1v) is 5.76. The molecule has 0 radical (unpaired) electrons. The van der Waals surface area contributed by atoms with Crippen molar-refractivity contribution >= 4 is 6.72 Å². The standard InChI is InChI=1S/C15H24N2/c1-9-15(10(2)3)17-14(7)12(5)11(4)13(6)16-8/h9,17H,2,8H2,1,3-7H3/b13-11-,14-12+,15-9-. The number of hydrogen-bond acceptors (Lipinski definition) is 2. The Hall–Kier alpha value is -1.57. The van der Waals surface area contributed by atoms with E-state index in [0.29, 0.717) is 0 Å². The molecule has 0 aromatic carbocycles. The van der Waals surface area contributed by atoms with Crippen LogP contribution in [0.15, 0.2) is 51.5 Å². The number of nitrogens with zero attached hydrogens (tertiary/aromatic N) is 1. The van der Waals surface area contributed by atoms with Gasteiger partial charge in [0.05, 0.1) is 0 Å². The number of aliphatic imine (C=N–C) groups is 1. The van der Waals surface area contributed by atoms with E-state index >= 15 is 0 Å². The van der Waals surface area contributed by atoms with Gasteiger partial charge in [0.15, 0.2) is 0 Å². The molecule has 0 aromatic rings. The fourth-order valence-electron chi connectivity index (χ4n) is 1.39. The van der Waals surface area contributed by atoms with Gasteiger partial charge in [0.25, 0.3) is 0 Å². The van der Waals surface area contributed by atoms with Crippen LogP contribution in [0.3, 0.4) is 0 Å². The third kappa shape index (κ3) is 4.43. The van der Waals surface area contributed by atoms with E-state index in [2.05, 4.69) is 44.4 Å². The number of allylic oxidation sites excluding steroid dienone is 6. The van der Waals surface area contributed by atoms with Crippen LogP contribution in [-0.2, 0) is 0 Å². The van der Waals surface area contributed by atoms with Gasteiger partial charge in [0.1, 0.15) is 0 Å². The summed E-state index contributed by atoms with van der Waals surface area (Å²) < 4.78 is 0. The van der Waals surface area contributed by atoms with Gasteiger partial charge in [0.2, 0.25) is 0 Å². The number of hydrogen-bond donors (Lipinski definition) is 1. The van der Waals surface area contributed by atoms with Gasteiger partial charge in [-0.1, -0.05) is 12.7 Å². The molecular formula is C15H24N2. The van der Waals surface area contributed by atoms with Gasteiger partial charge in [0, 0.05) is 17.1 Å². The highest BCUT2D eigenvalue weighted by Gasteiger charge is 2.04. The molecule has 17 heavy (non-hydrogen) atoms. The third-order valence-electron chi connectivity index (χ3n) is 2.98. The summed E-state index contributed by atoms with van der Waals surface area (Å²) in [5.74, 6) is 0. The van der Waals surface area contributed by atoms with Crippen LogP contribution in [0.25, 0.3) is 0 Å². The van der Waals surface area contributed by atoms with Gasteiger partial charge in [-0.05, 0) is 65.0 Å². The maximum absolute atomic E-state index is 3.96. The summed E-state index contributed by atoms with van der Waals surface area (Å²) in [6.45, 7) is 19.6. The second kappa shape index (κ2) is 6.89. The average molecular weight is 232 g/mol. The van der Waals surface area contributed by atoms with Gasteiger partial charge < -0.3 is 5.32 Å². The lowest BCUT2D eigenvalue weighted by atomic mass is 10.1. The summed E-state index contributed by atoms with van der Waals surface area (Å²) in [4.78, 5) is 3.96. The Morgan fingerprint density at radius 3 is 1.94 bits per heavy atom. The highest BCUT2D eigenvalue weighted by Crippen LogP contribution is 2.18. The van der Waals surface area contributed by atoms with Crippen LogP contribution < -0.4 is 5.32 Å². The number of nitrogens with one attached hydrogen (secondary N) is 1. The van der Waals surface area contributed by atoms with Crippen LogP contribution in [0.2, 0.25) is 0 Å². The Morgan fingerprint density at radius 2 is 1.59 bits per heavy atom. The fourth-order valence-corrected chi connectivity index (χ4v) is 1.39. The van der Waals surface area contributed by atoms with Crippen LogP contribution in [0.1, 0.15) is 41.5 Å². The van der Waals surface area contributed by atoms with E-state index in [1.807, 2.05) is 26.8 Å². The molecule has 0 saturated carbocycles. The lowest BCUT2D eigenvalue weighted by molar-refractivity contribution is 0.945. The molecule has 2 nitrogen and oxygen atoms in total. The molecule has 0 bridgehead atoms. The summed E-state index contributed by atoms with van der Waals surface area (Å²) in [5.41, 5.74) is 6.50. The molecule has 0 aromatic heterocycles. The van der Waals surface area contributed by atoms with Gasteiger partial charge in [-0.25, -0.2) is 0 Å². The first-order valence-electron chi connectivity index (χ1n) is 5.76. The van der Waals surface area contributed by atoms with E-state index < -0.39 is 0 Å². The van der Waals surface area contributed by atoms with Crippen molar-refractivity contribution in [1.29, 1.82) is 0 Å². The minimum Gasteiger partial charge on any atom is -0.359 e. The zero-order valence-electron chi connectivity index (χ0n) is 11.9. The Labute approximate surface area is 106 Å². The molecule has 0 fully saturated rings. The highest BCUT2D eigenvalue weighted by atomic mass is 14.9. The first kappa shape index (κ1) is 15.4. The minimum atomic E-state index is 0.959. The topological polar surface area (TPSA) is 24.4 Å². The molecule has 1 N–H and O–H groups in total. The molecule has 0 saturated heterocycles. The second-order valence-electron chi connectivity index (χ2n) is 4.23. The van der Waals surface area contributed by atoms with Crippen molar-refractivity contribution in [1.82, 2.24) is 5.32 Å². The normalized spacial score (nSPS) is 14.8. The molecule has 94 valence electrons. The van der Waals surface area contributed by atoms with Crippen molar-refractivity contribution < 1.29 is 0 Å². The van der Waals surface area contributed by atoms with Crippen LogP contribution in [0, 0.1) is 0 Å². The molecule has 0 unspecified atom stereocenters. The molecule has 0 amide bonds. The molecule has 0 aliphatic rings. The summed E-state index contributed by atoms with van der Waals surface area (Å²) in [6, 6.07) is 0. The quantitative estimate of drug-likeness (QED) is 0.553. The summed E-state index contributed by atoms with van der Waals surface area (Å²) in [5, 5.41) is 3.37. The van der Waals surface area contributed by atoms with Crippen molar-refractivity contribution in [3.05, 3.63) is 46.5 Å². The van der Waals surface area contributed by atoms with E-state index in [0.717, 1.165) is 28.2 Å². The summed E-state index contributed by atoms with van der Waals surface area (Å²) in [6.07, 6.45) is 2.02. The van der Waals surface area contributed by atoms with Gasteiger partial charge >= 0.3 is 0 Å². The maximum atomic E-state index is 3.96. The molecule has 0 aliphatic carbocycles. The second-order valence-corrected chi connectivity index (χ2v) is 4.23. The molecule has 0 heterocycles. The van der Waals surface area contributed by atoms with Gasteiger partial charge in [-0.2, -0.15) is 0 Å². The lowest BCUT2D eigenvalue weighted by Gasteiger charge is -2.15. The Kier molecular flexibility index (Phi) is 6.26. The molecule has 2 heteroatoms. The molecule has 0 rings (SSSR count). The van der Waals surface area contributed by atoms with Crippen molar-refractivity contribution in [2.45, 2.75) is 41.5 Å². The van der Waals surface area contributed by atoms with E-state index in [1.165, 1.54) is 5.57 Å². The van der Waals surface area contributed by atoms with Crippen molar-refractivity contribution in [2.24, 2.45) is 4.99 Å². The van der Waals surface area contributed by atoms with Crippen molar-refractivity contribution in [3.63, 3.8) is 0 Å². The SMILES string of the molecule is C=N/C(C)=C(C)\C(C)=C(/C)N/C(=C\C)C(=C)C. The van der Waals surface area contributed by atoms with Crippen LogP contribution >= 0.6 is 0 Å². The van der Waals surface area contributed by atoms with Crippen LogP contribution in [-0.4, -0.2) is 6.72 Å². The predicted molar refractivity (Wildman–Crippen MR) is 78.0 cm³/mol.